The van der Waals surface area contributed by atoms with Crippen LogP contribution < -0.4 is 0 Å². The van der Waals surface area contributed by atoms with E-state index in [2.05, 4.69) is 13.8 Å². The van der Waals surface area contributed by atoms with E-state index in [9.17, 15) is 15.0 Å². The molecule has 0 radical (unpaired) electrons. The van der Waals surface area contributed by atoms with Crippen LogP contribution in [0, 0.1) is 17.8 Å². The number of rotatable bonds is 6. The van der Waals surface area contributed by atoms with Crippen LogP contribution >= 0.6 is 0 Å². The molecule has 1 saturated carbocycles. The smallest absolute Gasteiger partial charge is 0.162 e. The van der Waals surface area contributed by atoms with Gasteiger partial charge in [0.1, 0.15) is 6.10 Å². The van der Waals surface area contributed by atoms with Crippen molar-refractivity contribution in [3.63, 3.8) is 0 Å². The summed E-state index contributed by atoms with van der Waals surface area (Å²) in [4.78, 5) is 12.0. The molecule has 1 aliphatic rings. The van der Waals surface area contributed by atoms with E-state index in [-0.39, 0.29) is 17.6 Å². The molecule has 0 heterocycles. The summed E-state index contributed by atoms with van der Waals surface area (Å²) in [6.07, 6.45) is 1.29. The SMILES string of the molecule is COC1C(=O)CCC(C)(O)C1C(C)C(O)CCC(C)C. The Morgan fingerprint density at radius 2 is 1.95 bits per heavy atom. The number of ketones is 1. The molecule has 0 aromatic heterocycles. The first-order valence-corrected chi connectivity index (χ1v) is 7.66. The van der Waals surface area contributed by atoms with Gasteiger partial charge in [0.2, 0.25) is 0 Å². The Morgan fingerprint density at radius 3 is 2.45 bits per heavy atom. The van der Waals surface area contributed by atoms with E-state index in [1.54, 1.807) is 6.92 Å². The van der Waals surface area contributed by atoms with Gasteiger partial charge in [-0.3, -0.25) is 4.79 Å². The highest BCUT2D eigenvalue weighted by atomic mass is 16.5. The van der Waals surface area contributed by atoms with Crippen molar-refractivity contribution in [3.05, 3.63) is 0 Å². The number of ether oxygens (including phenoxy) is 1. The Balaban J connectivity index is 2.83. The highest BCUT2D eigenvalue weighted by molar-refractivity contribution is 5.84. The van der Waals surface area contributed by atoms with E-state index in [1.165, 1.54) is 7.11 Å². The van der Waals surface area contributed by atoms with Gasteiger partial charge in [-0.1, -0.05) is 20.8 Å². The molecular weight excluding hydrogens is 256 g/mol. The minimum atomic E-state index is -0.965. The topological polar surface area (TPSA) is 66.8 Å². The summed E-state index contributed by atoms with van der Waals surface area (Å²) >= 11 is 0. The van der Waals surface area contributed by atoms with Gasteiger partial charge in [0, 0.05) is 19.4 Å². The van der Waals surface area contributed by atoms with Gasteiger partial charge in [0.15, 0.2) is 5.78 Å². The molecule has 1 rings (SSSR count). The van der Waals surface area contributed by atoms with Gasteiger partial charge in [0.25, 0.3) is 0 Å². The number of aliphatic hydroxyl groups excluding tert-OH is 1. The zero-order chi connectivity index (χ0) is 15.5. The first-order chi connectivity index (χ1) is 9.20. The average molecular weight is 286 g/mol. The third-order valence-electron chi connectivity index (χ3n) is 4.71. The summed E-state index contributed by atoms with van der Waals surface area (Å²) in [5.74, 6) is 0.0457. The lowest BCUT2D eigenvalue weighted by Crippen LogP contribution is -2.55. The molecule has 118 valence electrons. The van der Waals surface area contributed by atoms with Crippen molar-refractivity contribution in [2.75, 3.05) is 7.11 Å². The van der Waals surface area contributed by atoms with Gasteiger partial charge in [0.05, 0.1) is 11.7 Å². The lowest BCUT2D eigenvalue weighted by atomic mass is 9.66. The van der Waals surface area contributed by atoms with Crippen LogP contribution in [0.25, 0.3) is 0 Å². The molecule has 1 fully saturated rings. The van der Waals surface area contributed by atoms with Gasteiger partial charge >= 0.3 is 0 Å². The first-order valence-electron chi connectivity index (χ1n) is 7.66. The number of carbonyl (C=O) groups excluding carboxylic acids is 1. The van der Waals surface area contributed by atoms with Crippen molar-refractivity contribution in [2.45, 2.75) is 71.2 Å². The van der Waals surface area contributed by atoms with Gasteiger partial charge in [-0.15, -0.1) is 0 Å². The second-order valence-electron chi connectivity index (χ2n) is 6.90. The highest BCUT2D eigenvalue weighted by Crippen LogP contribution is 2.40. The molecule has 4 heteroatoms. The van der Waals surface area contributed by atoms with Crippen LogP contribution in [0.5, 0.6) is 0 Å². The Labute approximate surface area is 122 Å². The minimum Gasteiger partial charge on any atom is -0.393 e. The van der Waals surface area contributed by atoms with Gasteiger partial charge in [-0.05, 0) is 38.0 Å². The van der Waals surface area contributed by atoms with E-state index < -0.39 is 17.8 Å². The summed E-state index contributed by atoms with van der Waals surface area (Å²) in [6.45, 7) is 7.90. The predicted molar refractivity (Wildman–Crippen MR) is 78.4 cm³/mol. The van der Waals surface area contributed by atoms with Crippen molar-refractivity contribution < 1.29 is 19.7 Å². The maximum atomic E-state index is 12.0. The van der Waals surface area contributed by atoms with Crippen LogP contribution in [0.4, 0.5) is 0 Å². The van der Waals surface area contributed by atoms with Gasteiger partial charge in [-0.25, -0.2) is 0 Å². The molecule has 0 aromatic carbocycles. The maximum absolute atomic E-state index is 12.0. The van der Waals surface area contributed by atoms with Gasteiger partial charge in [-0.2, -0.15) is 0 Å². The molecule has 0 saturated heterocycles. The molecule has 2 N–H and O–H groups in total. The average Bonchev–Trinajstić information content (AvgIpc) is 2.37. The molecule has 4 nitrogen and oxygen atoms in total. The molecule has 5 atom stereocenters. The molecule has 0 amide bonds. The maximum Gasteiger partial charge on any atom is 0.162 e. The monoisotopic (exact) mass is 286 g/mol. The van der Waals surface area contributed by atoms with Crippen LogP contribution in [-0.4, -0.2) is 40.9 Å². The lowest BCUT2D eigenvalue weighted by molar-refractivity contribution is -0.164. The summed E-state index contributed by atoms with van der Waals surface area (Å²) in [7, 11) is 1.50. The number of carbonyl (C=O) groups is 1. The molecule has 5 unspecified atom stereocenters. The molecular formula is C16H30O4. The van der Waals surface area contributed by atoms with E-state index in [4.69, 9.17) is 4.74 Å². The molecule has 0 aromatic rings. The Hall–Kier alpha value is -0.450. The van der Waals surface area contributed by atoms with E-state index in [0.29, 0.717) is 25.2 Å². The highest BCUT2D eigenvalue weighted by Gasteiger charge is 2.49. The quantitative estimate of drug-likeness (QED) is 0.785. The number of Topliss-reactive ketones (excluding diaryl/α,β-unsaturated/α-hetero) is 1. The zero-order valence-electron chi connectivity index (χ0n) is 13.4. The minimum absolute atomic E-state index is 0.0342. The Kier molecular flexibility index (Phi) is 6.17. The van der Waals surface area contributed by atoms with Crippen LogP contribution in [-0.2, 0) is 9.53 Å². The van der Waals surface area contributed by atoms with Crippen molar-refractivity contribution in [1.29, 1.82) is 0 Å². The van der Waals surface area contributed by atoms with Crippen molar-refractivity contribution in [1.82, 2.24) is 0 Å². The van der Waals surface area contributed by atoms with E-state index >= 15 is 0 Å². The summed E-state index contributed by atoms with van der Waals surface area (Å²) in [5, 5.41) is 21.0. The van der Waals surface area contributed by atoms with Gasteiger partial charge < -0.3 is 14.9 Å². The number of hydrogen-bond acceptors (Lipinski definition) is 4. The van der Waals surface area contributed by atoms with Crippen LogP contribution in [0.3, 0.4) is 0 Å². The Bertz CT molecular complexity index is 324. The zero-order valence-corrected chi connectivity index (χ0v) is 13.4. The van der Waals surface area contributed by atoms with E-state index in [0.717, 1.165) is 6.42 Å². The fraction of sp³-hybridized carbons (Fsp3) is 0.938. The molecule has 0 bridgehead atoms. The van der Waals surface area contributed by atoms with Crippen LogP contribution in [0.15, 0.2) is 0 Å². The molecule has 0 aliphatic heterocycles. The first kappa shape index (κ1) is 17.6. The summed E-state index contributed by atoms with van der Waals surface area (Å²) in [6, 6.07) is 0. The number of hydrogen-bond donors (Lipinski definition) is 2. The largest absolute Gasteiger partial charge is 0.393 e. The third kappa shape index (κ3) is 4.03. The third-order valence-corrected chi connectivity index (χ3v) is 4.71. The number of methoxy groups -OCH3 is 1. The van der Waals surface area contributed by atoms with Crippen LogP contribution in [0.1, 0.15) is 53.4 Å². The standard InChI is InChI=1S/C16H30O4/c1-10(2)6-7-12(17)11(3)14-15(20-5)13(18)8-9-16(14,4)19/h10-12,14-15,17,19H,6-9H2,1-5H3. The second kappa shape index (κ2) is 7.01. The number of aliphatic hydroxyl groups is 2. The fourth-order valence-corrected chi connectivity index (χ4v) is 3.34. The van der Waals surface area contributed by atoms with E-state index in [1.807, 2.05) is 6.92 Å². The molecule has 1 aliphatic carbocycles. The van der Waals surface area contributed by atoms with Crippen LogP contribution in [0.2, 0.25) is 0 Å². The Morgan fingerprint density at radius 1 is 1.35 bits per heavy atom. The van der Waals surface area contributed by atoms with Crippen molar-refractivity contribution in [3.8, 4) is 0 Å². The molecule has 20 heavy (non-hydrogen) atoms. The van der Waals surface area contributed by atoms with Crippen molar-refractivity contribution >= 4 is 5.78 Å². The fourth-order valence-electron chi connectivity index (χ4n) is 3.34. The second-order valence-corrected chi connectivity index (χ2v) is 6.90. The summed E-state index contributed by atoms with van der Waals surface area (Å²) in [5.41, 5.74) is -0.965. The normalized spacial score (nSPS) is 34.3. The summed E-state index contributed by atoms with van der Waals surface area (Å²) < 4.78 is 5.33. The van der Waals surface area contributed by atoms with Crippen molar-refractivity contribution in [2.24, 2.45) is 17.8 Å². The molecule has 0 spiro atoms. The lowest BCUT2D eigenvalue weighted by Gasteiger charge is -2.45. The predicted octanol–water partition coefficient (Wildman–Crippen LogP) is 2.16.